The zero-order chi connectivity index (χ0) is 14.1. The van der Waals surface area contributed by atoms with Crippen LogP contribution >= 0.6 is 0 Å². The van der Waals surface area contributed by atoms with Crippen molar-refractivity contribution in [3.05, 3.63) is 42.0 Å². The number of carbonyl (C=O) groups excluding carboxylic acids is 1. The molecule has 1 aliphatic carbocycles. The van der Waals surface area contributed by atoms with Crippen molar-refractivity contribution in [1.29, 1.82) is 0 Å². The minimum absolute atomic E-state index is 0. The van der Waals surface area contributed by atoms with E-state index in [-0.39, 0.29) is 40.9 Å². The fourth-order valence-corrected chi connectivity index (χ4v) is 3.03. The van der Waals surface area contributed by atoms with Crippen LogP contribution in [0.2, 0.25) is 0 Å². The normalized spacial score (nSPS) is 28.2. The smallest absolute Gasteiger partial charge is 0.550 e. The van der Waals surface area contributed by atoms with Gasteiger partial charge in [0.2, 0.25) is 0 Å². The van der Waals surface area contributed by atoms with Crippen molar-refractivity contribution in [2.24, 2.45) is 16.7 Å². The Kier molecular flexibility index (Phi) is 5.65. The number of aliphatic carboxylic acids is 1. The first kappa shape index (κ1) is 17.5. The second-order valence-corrected chi connectivity index (χ2v) is 6.26. The van der Waals surface area contributed by atoms with Gasteiger partial charge in [0.1, 0.15) is 0 Å². The first-order valence-corrected chi connectivity index (χ1v) is 6.82. The van der Waals surface area contributed by atoms with Gasteiger partial charge in [-0.05, 0) is 29.7 Å². The molecule has 102 valence electrons. The molecule has 0 amide bonds. The van der Waals surface area contributed by atoms with E-state index in [1.165, 1.54) is 0 Å². The Morgan fingerprint density at radius 1 is 1.25 bits per heavy atom. The van der Waals surface area contributed by atoms with Crippen LogP contribution in [0.4, 0.5) is 0 Å². The topological polar surface area (TPSA) is 40.1 Å². The maximum absolute atomic E-state index is 11.4. The molecule has 0 N–H and O–H groups in total. The number of hydrogen-bond acceptors (Lipinski definition) is 2. The average molecular weight is 280 g/mol. The first-order chi connectivity index (χ1) is 8.88. The molecule has 0 spiro atoms. The first-order valence-electron chi connectivity index (χ1n) is 6.82. The molecule has 1 aliphatic rings. The summed E-state index contributed by atoms with van der Waals surface area (Å²) in [6.07, 6.45) is 5.84. The Morgan fingerprint density at radius 3 is 2.35 bits per heavy atom. The molecule has 1 aromatic rings. The molecule has 0 saturated heterocycles. The number of benzene rings is 1. The Balaban J connectivity index is 0.00000200. The van der Waals surface area contributed by atoms with Gasteiger partial charge in [-0.2, -0.15) is 0 Å². The molecule has 0 aliphatic heterocycles. The molecule has 2 unspecified atom stereocenters. The molecule has 0 heterocycles. The van der Waals surface area contributed by atoms with Gasteiger partial charge in [0.15, 0.2) is 0 Å². The molecular weight excluding hydrogens is 259 g/mol. The molecule has 3 heteroatoms. The van der Waals surface area contributed by atoms with E-state index in [1.54, 1.807) is 0 Å². The zero-order valence-electron chi connectivity index (χ0n) is 12.8. The van der Waals surface area contributed by atoms with Gasteiger partial charge in [-0.3, -0.25) is 0 Å². The molecule has 0 radical (unpaired) electrons. The van der Waals surface area contributed by atoms with Crippen LogP contribution in [0.15, 0.2) is 36.4 Å². The summed E-state index contributed by atoms with van der Waals surface area (Å²) in [7, 11) is 0. The monoisotopic (exact) mass is 280 g/mol. The minimum Gasteiger partial charge on any atom is -0.550 e. The number of carboxylic acid groups (broad SMARTS) is 1. The molecule has 20 heavy (non-hydrogen) atoms. The predicted molar refractivity (Wildman–Crippen MR) is 75.1 cm³/mol. The Bertz CT molecular complexity index is 493. The van der Waals surface area contributed by atoms with Gasteiger partial charge in [-0.1, -0.05) is 63.3 Å². The summed E-state index contributed by atoms with van der Waals surface area (Å²) in [5.74, 6) is -0.649. The van der Waals surface area contributed by atoms with E-state index in [0.717, 1.165) is 12.0 Å². The van der Waals surface area contributed by atoms with E-state index >= 15 is 0 Å². The molecule has 2 rings (SSSR count). The van der Waals surface area contributed by atoms with Crippen LogP contribution in [0.25, 0.3) is 6.08 Å². The summed E-state index contributed by atoms with van der Waals surface area (Å²) >= 11 is 0. The van der Waals surface area contributed by atoms with Crippen LogP contribution in [-0.4, -0.2) is 5.97 Å². The van der Waals surface area contributed by atoms with Gasteiger partial charge >= 0.3 is 29.6 Å². The molecule has 0 aromatic heterocycles. The average Bonchev–Trinajstić information content (AvgIpc) is 2.61. The molecule has 0 bridgehead atoms. The van der Waals surface area contributed by atoms with Crippen LogP contribution in [0, 0.1) is 16.7 Å². The van der Waals surface area contributed by atoms with E-state index in [1.807, 2.05) is 39.0 Å². The summed E-state index contributed by atoms with van der Waals surface area (Å²) < 4.78 is 0. The summed E-state index contributed by atoms with van der Waals surface area (Å²) in [5.41, 5.74) is 0.135. The van der Waals surface area contributed by atoms with Crippen LogP contribution < -0.4 is 34.7 Å². The fraction of sp³-hybridized carbons (Fsp3) is 0.471. The van der Waals surface area contributed by atoms with Gasteiger partial charge in [0.25, 0.3) is 0 Å². The third-order valence-electron chi connectivity index (χ3n) is 5.08. The second-order valence-electron chi connectivity index (χ2n) is 6.26. The van der Waals surface area contributed by atoms with Gasteiger partial charge in [-0.25, -0.2) is 0 Å². The number of carbonyl (C=O) groups is 1. The van der Waals surface area contributed by atoms with E-state index in [0.29, 0.717) is 6.42 Å². The summed E-state index contributed by atoms with van der Waals surface area (Å²) in [6, 6.07) is 10.1. The predicted octanol–water partition coefficient (Wildman–Crippen LogP) is -0.104. The van der Waals surface area contributed by atoms with E-state index < -0.39 is 11.4 Å². The maximum atomic E-state index is 11.4. The third-order valence-corrected chi connectivity index (χ3v) is 5.08. The van der Waals surface area contributed by atoms with Gasteiger partial charge in [0, 0.05) is 11.4 Å². The quantitative estimate of drug-likeness (QED) is 0.725. The Morgan fingerprint density at radius 2 is 1.85 bits per heavy atom. The van der Waals surface area contributed by atoms with Crippen molar-refractivity contribution in [3.63, 3.8) is 0 Å². The van der Waals surface area contributed by atoms with Gasteiger partial charge in [-0.15, -0.1) is 0 Å². The third kappa shape index (κ3) is 3.03. The number of rotatable bonds is 3. The second kappa shape index (κ2) is 6.46. The van der Waals surface area contributed by atoms with Crippen molar-refractivity contribution in [3.8, 4) is 0 Å². The van der Waals surface area contributed by atoms with Crippen LogP contribution in [0.5, 0.6) is 0 Å². The summed E-state index contributed by atoms with van der Waals surface area (Å²) in [5, 5.41) is 11.4. The van der Waals surface area contributed by atoms with Crippen LogP contribution in [0.3, 0.4) is 0 Å². The molecule has 2 atom stereocenters. The molecule has 1 fully saturated rings. The van der Waals surface area contributed by atoms with Crippen LogP contribution in [-0.2, 0) is 4.79 Å². The van der Waals surface area contributed by atoms with E-state index in [4.69, 9.17) is 0 Å². The van der Waals surface area contributed by atoms with E-state index in [2.05, 4.69) is 24.3 Å². The standard InChI is InChI=1S/C17H22O2.Na/c1-16(2)14(11-12-17(16,3)15(18)19)10-9-13-7-5-4-6-8-13;/h4-10,14H,11-12H2,1-3H3,(H,18,19);/q;+1/p-1. The fourth-order valence-electron chi connectivity index (χ4n) is 3.03. The SMILES string of the molecule is CC1(C(=O)[O-])CCC(C=Cc2ccccc2)C1(C)C.[Na+]. The van der Waals surface area contributed by atoms with Crippen molar-refractivity contribution in [1.82, 2.24) is 0 Å². The van der Waals surface area contributed by atoms with E-state index in [9.17, 15) is 9.90 Å². The Hall–Kier alpha value is -0.570. The molecule has 1 saturated carbocycles. The summed E-state index contributed by atoms with van der Waals surface area (Å²) in [4.78, 5) is 11.4. The van der Waals surface area contributed by atoms with Gasteiger partial charge in [0.05, 0.1) is 0 Å². The Labute approximate surface area is 143 Å². The largest absolute Gasteiger partial charge is 1.00 e. The molecule has 2 nitrogen and oxygen atoms in total. The molecular formula is C17H21NaO2. The van der Waals surface area contributed by atoms with Crippen LogP contribution in [0.1, 0.15) is 39.2 Å². The number of carboxylic acids is 1. The molecule has 1 aromatic carbocycles. The van der Waals surface area contributed by atoms with Crippen molar-refractivity contribution < 1.29 is 39.5 Å². The van der Waals surface area contributed by atoms with Gasteiger partial charge < -0.3 is 9.90 Å². The van der Waals surface area contributed by atoms with Crippen molar-refractivity contribution >= 4 is 12.0 Å². The van der Waals surface area contributed by atoms with Crippen molar-refractivity contribution in [2.45, 2.75) is 33.6 Å². The zero-order valence-corrected chi connectivity index (χ0v) is 14.8. The maximum Gasteiger partial charge on any atom is 1.00 e. The number of hydrogen-bond donors (Lipinski definition) is 0. The minimum atomic E-state index is -0.923. The number of allylic oxidation sites excluding steroid dienone is 1. The summed E-state index contributed by atoms with van der Waals surface area (Å²) in [6.45, 7) is 5.89. The van der Waals surface area contributed by atoms with Crippen molar-refractivity contribution in [2.75, 3.05) is 0 Å².